The number of nitrogens with one attached hydrogen (secondary N) is 1. The van der Waals surface area contributed by atoms with Gasteiger partial charge in [0.05, 0.1) is 6.61 Å². The molecular formula is C16H32N2OS. The second-order valence-corrected chi connectivity index (χ2v) is 8.84. The summed E-state index contributed by atoms with van der Waals surface area (Å²) in [6.07, 6.45) is 3.85. The molecule has 2 aliphatic rings. The summed E-state index contributed by atoms with van der Waals surface area (Å²) in [7, 11) is 2.31. The van der Waals surface area contributed by atoms with Gasteiger partial charge in [-0.05, 0) is 52.8 Å². The van der Waals surface area contributed by atoms with Crippen molar-refractivity contribution in [1.82, 2.24) is 10.2 Å². The van der Waals surface area contributed by atoms with Crippen LogP contribution in [0.2, 0.25) is 0 Å². The Labute approximate surface area is 129 Å². The zero-order chi connectivity index (χ0) is 14.6. The summed E-state index contributed by atoms with van der Waals surface area (Å²) >= 11 is 2.10. The Bertz CT molecular complexity index is 291. The summed E-state index contributed by atoms with van der Waals surface area (Å²) in [4.78, 5) is 2.60. The molecular weight excluding hydrogens is 268 g/mol. The molecule has 0 spiro atoms. The van der Waals surface area contributed by atoms with Gasteiger partial charge in [-0.15, -0.1) is 0 Å². The highest BCUT2D eigenvalue weighted by Crippen LogP contribution is 2.32. The van der Waals surface area contributed by atoms with Gasteiger partial charge in [0.25, 0.3) is 0 Å². The van der Waals surface area contributed by atoms with Crippen LogP contribution in [0.5, 0.6) is 0 Å². The minimum atomic E-state index is 0.187. The third-order valence-corrected chi connectivity index (χ3v) is 5.66. The maximum Gasteiger partial charge on any atom is 0.0546 e. The fraction of sp³-hybridized carbons (Fsp3) is 1.00. The molecule has 0 bridgehead atoms. The van der Waals surface area contributed by atoms with Crippen molar-refractivity contribution in [2.45, 2.75) is 51.6 Å². The molecule has 3 nitrogen and oxygen atoms in total. The molecule has 0 radical (unpaired) electrons. The van der Waals surface area contributed by atoms with Crippen LogP contribution >= 0.6 is 11.8 Å². The standard InChI is InChI=1S/C16H32N2OS/c1-15(2,3)17-11-16(7-5-8-19-13-16)12-18(4)14-6-9-20-10-14/h14,17H,5-13H2,1-4H3. The highest BCUT2D eigenvalue weighted by Gasteiger charge is 2.36. The number of ether oxygens (including phenoxy) is 1. The number of rotatable bonds is 5. The van der Waals surface area contributed by atoms with Crippen molar-refractivity contribution < 1.29 is 4.74 Å². The molecule has 2 rings (SSSR count). The number of thioether (sulfide) groups is 1. The first-order valence-corrected chi connectivity index (χ1v) is 9.17. The topological polar surface area (TPSA) is 24.5 Å². The molecule has 0 aromatic rings. The minimum absolute atomic E-state index is 0.187. The summed E-state index contributed by atoms with van der Waals surface area (Å²) in [6.45, 7) is 10.9. The number of hydrogen-bond donors (Lipinski definition) is 1. The average Bonchev–Trinajstić information content (AvgIpc) is 2.91. The summed E-state index contributed by atoms with van der Waals surface area (Å²) in [5, 5.41) is 3.72. The Balaban J connectivity index is 1.94. The number of hydrogen-bond acceptors (Lipinski definition) is 4. The molecule has 0 aliphatic carbocycles. The van der Waals surface area contributed by atoms with Crippen LogP contribution in [0.15, 0.2) is 0 Å². The van der Waals surface area contributed by atoms with Crippen LogP contribution in [0.25, 0.3) is 0 Å². The van der Waals surface area contributed by atoms with Gasteiger partial charge >= 0.3 is 0 Å². The van der Waals surface area contributed by atoms with Gasteiger partial charge in [0, 0.05) is 42.4 Å². The third kappa shape index (κ3) is 4.90. The Hall–Kier alpha value is 0.230. The van der Waals surface area contributed by atoms with E-state index >= 15 is 0 Å². The molecule has 4 heteroatoms. The molecule has 0 amide bonds. The van der Waals surface area contributed by atoms with Crippen LogP contribution in [0, 0.1) is 5.41 Å². The van der Waals surface area contributed by atoms with E-state index in [1.807, 2.05) is 0 Å². The molecule has 2 saturated heterocycles. The van der Waals surface area contributed by atoms with E-state index in [-0.39, 0.29) is 5.54 Å². The van der Waals surface area contributed by atoms with E-state index in [0.29, 0.717) is 5.41 Å². The second kappa shape index (κ2) is 6.99. The highest BCUT2D eigenvalue weighted by atomic mass is 32.2. The fourth-order valence-electron chi connectivity index (χ4n) is 3.21. The van der Waals surface area contributed by atoms with E-state index < -0.39 is 0 Å². The lowest BCUT2D eigenvalue weighted by molar-refractivity contribution is -0.0294. The lowest BCUT2D eigenvalue weighted by atomic mass is 9.81. The molecule has 2 fully saturated rings. The molecule has 2 unspecified atom stereocenters. The zero-order valence-electron chi connectivity index (χ0n) is 13.7. The van der Waals surface area contributed by atoms with Gasteiger partial charge in [-0.1, -0.05) is 0 Å². The molecule has 0 aromatic carbocycles. The van der Waals surface area contributed by atoms with Crippen molar-refractivity contribution in [1.29, 1.82) is 0 Å². The van der Waals surface area contributed by atoms with E-state index in [4.69, 9.17) is 4.74 Å². The lowest BCUT2D eigenvalue weighted by Gasteiger charge is -2.43. The maximum atomic E-state index is 5.84. The quantitative estimate of drug-likeness (QED) is 0.843. The van der Waals surface area contributed by atoms with E-state index in [1.54, 1.807) is 0 Å². The summed E-state index contributed by atoms with van der Waals surface area (Å²) < 4.78 is 5.84. The Kier molecular flexibility index (Phi) is 5.80. The predicted molar refractivity (Wildman–Crippen MR) is 88.6 cm³/mol. The molecule has 2 heterocycles. The predicted octanol–water partition coefficient (Wildman–Crippen LogP) is 2.61. The highest BCUT2D eigenvalue weighted by molar-refractivity contribution is 7.99. The van der Waals surface area contributed by atoms with Gasteiger partial charge in [-0.2, -0.15) is 11.8 Å². The minimum Gasteiger partial charge on any atom is -0.381 e. The first-order chi connectivity index (χ1) is 9.40. The first-order valence-electron chi connectivity index (χ1n) is 8.01. The SMILES string of the molecule is CN(CC1(CNC(C)(C)C)CCCOC1)C1CCSC1. The summed E-state index contributed by atoms with van der Waals surface area (Å²) in [6, 6.07) is 0.772. The largest absolute Gasteiger partial charge is 0.381 e. The van der Waals surface area contributed by atoms with E-state index in [2.05, 4.69) is 49.8 Å². The Morgan fingerprint density at radius 3 is 2.75 bits per heavy atom. The molecule has 2 aliphatic heterocycles. The molecule has 1 N–H and O–H groups in total. The lowest BCUT2D eigenvalue weighted by Crippen LogP contribution is -2.53. The molecule has 20 heavy (non-hydrogen) atoms. The van der Waals surface area contributed by atoms with E-state index in [1.165, 1.54) is 37.3 Å². The molecule has 0 saturated carbocycles. The fourth-order valence-corrected chi connectivity index (χ4v) is 4.51. The van der Waals surface area contributed by atoms with Crippen LogP contribution in [0.1, 0.15) is 40.0 Å². The first kappa shape index (κ1) is 16.6. The van der Waals surface area contributed by atoms with Crippen LogP contribution in [0.3, 0.4) is 0 Å². The van der Waals surface area contributed by atoms with Gasteiger partial charge in [0.2, 0.25) is 0 Å². The third-order valence-electron chi connectivity index (χ3n) is 4.51. The molecule has 118 valence electrons. The van der Waals surface area contributed by atoms with Crippen molar-refractivity contribution in [3.05, 3.63) is 0 Å². The smallest absolute Gasteiger partial charge is 0.0546 e. The van der Waals surface area contributed by atoms with Gasteiger partial charge in [-0.3, -0.25) is 0 Å². The van der Waals surface area contributed by atoms with Crippen molar-refractivity contribution in [2.24, 2.45) is 5.41 Å². The van der Waals surface area contributed by atoms with Crippen LogP contribution in [-0.4, -0.2) is 61.3 Å². The molecule has 2 atom stereocenters. The Morgan fingerprint density at radius 1 is 1.40 bits per heavy atom. The van der Waals surface area contributed by atoms with Crippen molar-refractivity contribution >= 4 is 11.8 Å². The second-order valence-electron chi connectivity index (χ2n) is 7.69. The zero-order valence-corrected chi connectivity index (χ0v) is 14.5. The monoisotopic (exact) mass is 300 g/mol. The van der Waals surface area contributed by atoms with Crippen LogP contribution in [0.4, 0.5) is 0 Å². The average molecular weight is 301 g/mol. The molecule has 0 aromatic heterocycles. The number of nitrogens with zero attached hydrogens (tertiary/aromatic N) is 1. The van der Waals surface area contributed by atoms with Gasteiger partial charge < -0.3 is 15.0 Å². The van der Waals surface area contributed by atoms with Crippen molar-refractivity contribution in [3.8, 4) is 0 Å². The maximum absolute atomic E-state index is 5.84. The van der Waals surface area contributed by atoms with Crippen molar-refractivity contribution in [2.75, 3.05) is 44.9 Å². The Morgan fingerprint density at radius 2 is 2.20 bits per heavy atom. The van der Waals surface area contributed by atoms with Crippen molar-refractivity contribution in [3.63, 3.8) is 0 Å². The van der Waals surface area contributed by atoms with E-state index in [0.717, 1.165) is 25.8 Å². The van der Waals surface area contributed by atoms with Gasteiger partial charge in [0.15, 0.2) is 0 Å². The normalized spacial score (nSPS) is 31.9. The van der Waals surface area contributed by atoms with Gasteiger partial charge in [-0.25, -0.2) is 0 Å². The van der Waals surface area contributed by atoms with Crippen LogP contribution < -0.4 is 5.32 Å². The van der Waals surface area contributed by atoms with Gasteiger partial charge in [0.1, 0.15) is 0 Å². The summed E-state index contributed by atoms with van der Waals surface area (Å²) in [5.41, 5.74) is 0.486. The van der Waals surface area contributed by atoms with E-state index in [9.17, 15) is 0 Å². The van der Waals surface area contributed by atoms with Crippen LogP contribution in [-0.2, 0) is 4.74 Å². The summed E-state index contributed by atoms with van der Waals surface area (Å²) in [5.74, 6) is 2.64.